The number of hydrogen-bond acceptors (Lipinski definition) is 2. The van der Waals surface area contributed by atoms with Gasteiger partial charge < -0.3 is 10.0 Å². The van der Waals surface area contributed by atoms with E-state index in [0.29, 0.717) is 6.54 Å². The Kier molecular flexibility index (Phi) is 3.17. The van der Waals surface area contributed by atoms with Crippen molar-refractivity contribution in [2.24, 2.45) is 0 Å². The van der Waals surface area contributed by atoms with Gasteiger partial charge in [-0.1, -0.05) is 0 Å². The molecule has 0 bridgehead atoms. The fourth-order valence-corrected chi connectivity index (χ4v) is 1.51. The molecule has 1 saturated heterocycles. The van der Waals surface area contributed by atoms with Gasteiger partial charge in [-0.25, -0.2) is 4.79 Å². The highest BCUT2D eigenvalue weighted by Gasteiger charge is 2.20. The Hall–Kier alpha value is -1.19. The van der Waals surface area contributed by atoms with Crippen molar-refractivity contribution in [1.82, 2.24) is 9.80 Å². The largest absolute Gasteiger partial charge is 0.465 e. The molecule has 1 heterocycles. The first kappa shape index (κ1) is 9.89. The van der Waals surface area contributed by atoms with E-state index in [-0.39, 0.29) is 0 Å². The minimum atomic E-state index is -0.840. The second-order valence-corrected chi connectivity index (χ2v) is 3.48. The van der Waals surface area contributed by atoms with Crippen molar-refractivity contribution < 1.29 is 9.90 Å². The quantitative estimate of drug-likeness (QED) is 0.672. The highest BCUT2D eigenvalue weighted by atomic mass is 16.4. The van der Waals surface area contributed by atoms with Crippen LogP contribution < -0.4 is 0 Å². The maximum atomic E-state index is 10.8. The van der Waals surface area contributed by atoms with Crippen LogP contribution in [0.15, 0.2) is 11.9 Å². The highest BCUT2D eigenvalue weighted by molar-refractivity contribution is 5.67. The molecule has 0 aromatic heterocycles. The molecular weight excluding hydrogens is 168 g/mol. The Labute approximate surface area is 78.4 Å². The normalized spacial score (nSPS) is 20.5. The molecule has 1 rings (SSSR count). The molecule has 4 heteroatoms. The molecular formula is C9H16N2O2. The lowest BCUT2D eigenvalue weighted by Crippen LogP contribution is -2.33. The first-order chi connectivity index (χ1) is 6.11. The van der Waals surface area contributed by atoms with Gasteiger partial charge in [0.25, 0.3) is 0 Å². The zero-order valence-electron chi connectivity index (χ0n) is 8.16. The number of carboxylic acid groups (broad SMARTS) is 1. The van der Waals surface area contributed by atoms with Crippen LogP contribution in [-0.2, 0) is 0 Å². The first-order valence-corrected chi connectivity index (χ1v) is 4.49. The predicted molar refractivity (Wildman–Crippen MR) is 50.4 cm³/mol. The molecule has 1 N–H and O–H groups in total. The van der Waals surface area contributed by atoms with Crippen LogP contribution in [0, 0.1) is 0 Å². The van der Waals surface area contributed by atoms with Crippen molar-refractivity contribution in [2.45, 2.75) is 19.3 Å². The molecule has 1 fully saturated rings. The molecule has 1 aliphatic rings. The van der Waals surface area contributed by atoms with Crippen molar-refractivity contribution in [3.63, 3.8) is 0 Å². The molecule has 74 valence electrons. The average molecular weight is 184 g/mol. The summed E-state index contributed by atoms with van der Waals surface area (Å²) in [7, 11) is 3.81. The summed E-state index contributed by atoms with van der Waals surface area (Å²) in [4.78, 5) is 14.1. The van der Waals surface area contributed by atoms with Crippen LogP contribution >= 0.6 is 0 Å². The number of rotatable bonds is 1. The number of allylic oxidation sites excluding steroid dienone is 1. The molecule has 0 atom stereocenters. The van der Waals surface area contributed by atoms with E-state index >= 15 is 0 Å². The second-order valence-electron chi connectivity index (χ2n) is 3.48. The fourth-order valence-electron chi connectivity index (χ4n) is 1.51. The molecule has 1 amide bonds. The third-order valence-electron chi connectivity index (χ3n) is 2.05. The standard InChI is InChI=1S/C9H16N2O2/c1-10(2)7-8-5-3-4-6-11(8)9(12)13/h7H,3-6H2,1-2H3,(H,12,13). The van der Waals surface area contributed by atoms with Crippen molar-refractivity contribution >= 4 is 6.09 Å². The lowest BCUT2D eigenvalue weighted by Gasteiger charge is -2.27. The topological polar surface area (TPSA) is 43.8 Å². The van der Waals surface area contributed by atoms with Crippen LogP contribution in [0.4, 0.5) is 4.79 Å². The summed E-state index contributed by atoms with van der Waals surface area (Å²) in [6.07, 6.45) is 3.96. The van der Waals surface area contributed by atoms with E-state index < -0.39 is 6.09 Å². The predicted octanol–water partition coefficient (Wildman–Crippen LogP) is 1.55. The molecule has 0 saturated carbocycles. The number of carbonyl (C=O) groups is 1. The van der Waals surface area contributed by atoms with Crippen LogP contribution in [0.3, 0.4) is 0 Å². The SMILES string of the molecule is CN(C)C=C1CCCCN1C(=O)O. The van der Waals surface area contributed by atoms with E-state index in [4.69, 9.17) is 5.11 Å². The van der Waals surface area contributed by atoms with E-state index in [0.717, 1.165) is 25.0 Å². The Morgan fingerprint density at radius 1 is 1.54 bits per heavy atom. The van der Waals surface area contributed by atoms with Crippen molar-refractivity contribution in [3.8, 4) is 0 Å². The van der Waals surface area contributed by atoms with Gasteiger partial charge in [-0.15, -0.1) is 0 Å². The van der Waals surface area contributed by atoms with E-state index in [1.807, 2.05) is 25.2 Å². The molecule has 13 heavy (non-hydrogen) atoms. The number of likely N-dealkylation sites (tertiary alicyclic amines) is 1. The number of nitrogens with zero attached hydrogens (tertiary/aromatic N) is 2. The number of amides is 1. The molecule has 0 aromatic carbocycles. The van der Waals surface area contributed by atoms with Crippen molar-refractivity contribution in [1.29, 1.82) is 0 Å². The maximum absolute atomic E-state index is 10.8. The molecule has 1 aliphatic heterocycles. The summed E-state index contributed by atoms with van der Waals surface area (Å²) in [5.41, 5.74) is 0.906. The maximum Gasteiger partial charge on any atom is 0.411 e. The Morgan fingerprint density at radius 2 is 2.23 bits per heavy atom. The van der Waals surface area contributed by atoms with Gasteiger partial charge in [0.05, 0.1) is 0 Å². The molecule has 0 aromatic rings. The molecule has 0 spiro atoms. The van der Waals surface area contributed by atoms with Gasteiger partial charge in [0, 0.05) is 32.5 Å². The summed E-state index contributed by atoms with van der Waals surface area (Å²) in [6, 6.07) is 0. The summed E-state index contributed by atoms with van der Waals surface area (Å²) >= 11 is 0. The third kappa shape index (κ3) is 2.65. The van der Waals surface area contributed by atoms with Gasteiger partial charge in [-0.2, -0.15) is 0 Å². The average Bonchev–Trinajstić information content (AvgIpc) is 2.03. The summed E-state index contributed by atoms with van der Waals surface area (Å²) in [5, 5.41) is 8.89. The van der Waals surface area contributed by atoms with Crippen molar-refractivity contribution in [3.05, 3.63) is 11.9 Å². The van der Waals surface area contributed by atoms with Crippen LogP contribution in [0.2, 0.25) is 0 Å². The summed E-state index contributed by atoms with van der Waals surface area (Å²) in [6.45, 7) is 0.634. The van der Waals surface area contributed by atoms with Gasteiger partial charge >= 0.3 is 6.09 Å². The molecule has 4 nitrogen and oxygen atoms in total. The van der Waals surface area contributed by atoms with Crippen LogP contribution in [0.5, 0.6) is 0 Å². The van der Waals surface area contributed by atoms with Gasteiger partial charge in [0.2, 0.25) is 0 Å². The van der Waals surface area contributed by atoms with E-state index in [9.17, 15) is 4.79 Å². The van der Waals surface area contributed by atoms with E-state index in [1.54, 1.807) is 0 Å². The zero-order chi connectivity index (χ0) is 9.84. The highest BCUT2D eigenvalue weighted by Crippen LogP contribution is 2.20. The first-order valence-electron chi connectivity index (χ1n) is 4.49. The monoisotopic (exact) mass is 184 g/mol. The summed E-state index contributed by atoms with van der Waals surface area (Å²) < 4.78 is 0. The molecule has 0 unspecified atom stereocenters. The van der Waals surface area contributed by atoms with Crippen LogP contribution in [0.1, 0.15) is 19.3 Å². The number of piperidine rings is 1. The van der Waals surface area contributed by atoms with Gasteiger partial charge in [-0.05, 0) is 19.3 Å². The molecule has 0 radical (unpaired) electrons. The number of hydrogen-bond donors (Lipinski definition) is 1. The minimum absolute atomic E-state index is 0.634. The van der Waals surface area contributed by atoms with E-state index in [2.05, 4.69) is 0 Å². The fraction of sp³-hybridized carbons (Fsp3) is 0.667. The van der Waals surface area contributed by atoms with Gasteiger partial charge in [-0.3, -0.25) is 4.90 Å². The summed E-state index contributed by atoms with van der Waals surface area (Å²) in [5.74, 6) is 0. The lowest BCUT2D eigenvalue weighted by atomic mass is 10.1. The van der Waals surface area contributed by atoms with Crippen LogP contribution in [-0.4, -0.2) is 41.6 Å². The van der Waals surface area contributed by atoms with Crippen molar-refractivity contribution in [2.75, 3.05) is 20.6 Å². The van der Waals surface area contributed by atoms with Gasteiger partial charge in [0.15, 0.2) is 0 Å². The third-order valence-corrected chi connectivity index (χ3v) is 2.05. The van der Waals surface area contributed by atoms with E-state index in [1.165, 1.54) is 4.90 Å². The Bertz CT molecular complexity index is 224. The molecule has 0 aliphatic carbocycles. The Morgan fingerprint density at radius 3 is 2.77 bits per heavy atom. The second kappa shape index (κ2) is 4.16. The Balaban J connectivity index is 2.73. The zero-order valence-corrected chi connectivity index (χ0v) is 8.16. The van der Waals surface area contributed by atoms with Crippen LogP contribution in [0.25, 0.3) is 0 Å². The lowest BCUT2D eigenvalue weighted by molar-refractivity contribution is 0.150. The smallest absolute Gasteiger partial charge is 0.411 e. The van der Waals surface area contributed by atoms with Gasteiger partial charge in [0.1, 0.15) is 0 Å². The minimum Gasteiger partial charge on any atom is -0.465 e.